The Labute approximate surface area is 118 Å². The molecular formula is C16H21F3O. The molecule has 1 aromatic rings. The lowest BCUT2D eigenvalue weighted by atomic mass is 9.78. The van der Waals surface area contributed by atoms with Crippen LogP contribution in [0, 0.1) is 12.8 Å². The minimum Gasteiger partial charge on any atom is -0.376 e. The molecule has 20 heavy (non-hydrogen) atoms. The summed E-state index contributed by atoms with van der Waals surface area (Å²) in [6.45, 7) is 5.51. The summed E-state index contributed by atoms with van der Waals surface area (Å²) in [6, 6.07) is 4.67. The van der Waals surface area contributed by atoms with E-state index in [1.807, 2.05) is 13.8 Å². The Hall–Kier alpha value is -1.03. The monoisotopic (exact) mass is 286 g/mol. The van der Waals surface area contributed by atoms with Crippen LogP contribution in [-0.2, 0) is 17.3 Å². The standard InChI is InChI=1S/C16H21F3O/c1-10(2)20-14-7-13(8-14)6-12-5-4-11(3)15(9-12)16(17,18)19/h4-5,9-10,13-14H,6-8H2,1-3H3. The van der Waals surface area contributed by atoms with Gasteiger partial charge in [0, 0.05) is 0 Å². The molecule has 4 heteroatoms. The molecule has 1 nitrogen and oxygen atoms in total. The Bertz CT molecular complexity index is 459. The number of halogens is 3. The largest absolute Gasteiger partial charge is 0.416 e. The zero-order valence-corrected chi connectivity index (χ0v) is 12.1. The Kier molecular flexibility index (Phi) is 4.43. The highest BCUT2D eigenvalue weighted by Gasteiger charge is 2.34. The van der Waals surface area contributed by atoms with E-state index in [9.17, 15) is 13.2 Å². The Morgan fingerprint density at radius 1 is 1.25 bits per heavy atom. The van der Waals surface area contributed by atoms with Crippen LogP contribution < -0.4 is 0 Å². The fourth-order valence-corrected chi connectivity index (χ4v) is 2.77. The molecule has 1 aliphatic carbocycles. The summed E-state index contributed by atoms with van der Waals surface area (Å²) in [5.41, 5.74) is 0.552. The van der Waals surface area contributed by atoms with Crippen LogP contribution in [0.3, 0.4) is 0 Å². The molecule has 0 radical (unpaired) electrons. The minimum absolute atomic E-state index is 0.220. The van der Waals surface area contributed by atoms with E-state index in [0.29, 0.717) is 12.3 Å². The third-order valence-corrected chi connectivity index (χ3v) is 3.79. The van der Waals surface area contributed by atoms with Crippen molar-refractivity contribution in [2.45, 2.75) is 58.4 Å². The van der Waals surface area contributed by atoms with Crippen molar-refractivity contribution in [1.82, 2.24) is 0 Å². The molecule has 0 saturated heterocycles. The molecule has 0 heterocycles. The number of aryl methyl sites for hydroxylation is 1. The third kappa shape index (κ3) is 3.75. The first-order valence-corrected chi connectivity index (χ1v) is 7.08. The second-order valence-corrected chi connectivity index (χ2v) is 6.00. The summed E-state index contributed by atoms with van der Waals surface area (Å²) in [5.74, 6) is 0.447. The molecule has 2 rings (SSSR count). The minimum atomic E-state index is -4.26. The molecule has 112 valence electrons. The van der Waals surface area contributed by atoms with Gasteiger partial charge in [0.25, 0.3) is 0 Å². The lowest BCUT2D eigenvalue weighted by Crippen LogP contribution is -2.34. The van der Waals surface area contributed by atoms with E-state index < -0.39 is 11.7 Å². The summed E-state index contributed by atoms with van der Waals surface area (Å²) < 4.78 is 44.2. The van der Waals surface area contributed by atoms with E-state index >= 15 is 0 Å². The first kappa shape index (κ1) is 15.4. The molecule has 1 fully saturated rings. The zero-order chi connectivity index (χ0) is 14.9. The molecule has 0 bridgehead atoms. The number of rotatable bonds is 4. The summed E-state index contributed by atoms with van der Waals surface area (Å²) >= 11 is 0. The van der Waals surface area contributed by atoms with Crippen LogP contribution >= 0.6 is 0 Å². The Morgan fingerprint density at radius 2 is 1.90 bits per heavy atom. The van der Waals surface area contributed by atoms with E-state index in [1.54, 1.807) is 12.1 Å². The van der Waals surface area contributed by atoms with Gasteiger partial charge >= 0.3 is 6.18 Å². The zero-order valence-electron chi connectivity index (χ0n) is 12.1. The normalized spacial score (nSPS) is 22.9. The van der Waals surface area contributed by atoms with E-state index in [1.165, 1.54) is 13.0 Å². The van der Waals surface area contributed by atoms with E-state index in [0.717, 1.165) is 18.4 Å². The maximum Gasteiger partial charge on any atom is 0.416 e. The third-order valence-electron chi connectivity index (χ3n) is 3.79. The smallest absolute Gasteiger partial charge is 0.376 e. The first-order valence-electron chi connectivity index (χ1n) is 7.08. The fraction of sp³-hybridized carbons (Fsp3) is 0.625. The molecule has 0 spiro atoms. The highest BCUT2D eigenvalue weighted by molar-refractivity contribution is 5.33. The van der Waals surface area contributed by atoms with Crippen LogP contribution in [0.25, 0.3) is 0 Å². The van der Waals surface area contributed by atoms with Crippen molar-refractivity contribution in [2.75, 3.05) is 0 Å². The van der Waals surface area contributed by atoms with Crippen molar-refractivity contribution in [2.24, 2.45) is 5.92 Å². The van der Waals surface area contributed by atoms with Gasteiger partial charge in [-0.3, -0.25) is 0 Å². The lowest BCUT2D eigenvalue weighted by molar-refractivity contribution is -0.138. The number of hydrogen-bond acceptors (Lipinski definition) is 1. The maximum absolute atomic E-state index is 12.8. The number of hydrogen-bond donors (Lipinski definition) is 0. The van der Waals surface area contributed by atoms with Gasteiger partial charge in [-0.05, 0) is 63.1 Å². The molecular weight excluding hydrogens is 265 g/mol. The average Bonchev–Trinajstić information content (AvgIpc) is 2.26. The SMILES string of the molecule is Cc1ccc(CC2CC(OC(C)C)C2)cc1C(F)(F)F. The predicted molar refractivity (Wildman–Crippen MR) is 72.6 cm³/mol. The molecule has 0 aromatic heterocycles. The Morgan fingerprint density at radius 3 is 2.45 bits per heavy atom. The summed E-state index contributed by atoms with van der Waals surface area (Å²) in [7, 11) is 0. The van der Waals surface area contributed by atoms with Crippen molar-refractivity contribution >= 4 is 0 Å². The van der Waals surface area contributed by atoms with Gasteiger partial charge in [-0.2, -0.15) is 13.2 Å². The van der Waals surface area contributed by atoms with Crippen molar-refractivity contribution in [3.8, 4) is 0 Å². The van der Waals surface area contributed by atoms with Crippen molar-refractivity contribution in [1.29, 1.82) is 0 Å². The number of alkyl halides is 3. The van der Waals surface area contributed by atoms with Crippen LogP contribution in [0.5, 0.6) is 0 Å². The quantitative estimate of drug-likeness (QED) is 0.775. The van der Waals surface area contributed by atoms with E-state index in [4.69, 9.17) is 4.74 Å². The van der Waals surface area contributed by atoms with Crippen LogP contribution in [0.2, 0.25) is 0 Å². The summed E-state index contributed by atoms with van der Waals surface area (Å²) in [6.07, 6.45) is -1.14. The van der Waals surface area contributed by atoms with Gasteiger partial charge in [0.2, 0.25) is 0 Å². The van der Waals surface area contributed by atoms with Crippen LogP contribution in [0.1, 0.15) is 43.4 Å². The van der Waals surface area contributed by atoms with Crippen molar-refractivity contribution in [3.63, 3.8) is 0 Å². The second kappa shape index (κ2) is 5.76. The van der Waals surface area contributed by atoms with Gasteiger partial charge < -0.3 is 4.74 Å². The molecule has 1 saturated carbocycles. The summed E-state index contributed by atoms with van der Waals surface area (Å²) in [4.78, 5) is 0. The summed E-state index contributed by atoms with van der Waals surface area (Å²) in [5, 5.41) is 0. The van der Waals surface area contributed by atoms with Gasteiger partial charge in [0.1, 0.15) is 0 Å². The fourth-order valence-electron chi connectivity index (χ4n) is 2.77. The van der Waals surface area contributed by atoms with Gasteiger partial charge in [-0.15, -0.1) is 0 Å². The van der Waals surface area contributed by atoms with Crippen molar-refractivity contribution < 1.29 is 17.9 Å². The van der Waals surface area contributed by atoms with Crippen LogP contribution in [0.4, 0.5) is 13.2 Å². The van der Waals surface area contributed by atoms with Gasteiger partial charge in [-0.1, -0.05) is 12.1 Å². The molecule has 1 aromatic carbocycles. The van der Waals surface area contributed by atoms with Crippen LogP contribution in [0.15, 0.2) is 18.2 Å². The van der Waals surface area contributed by atoms with Gasteiger partial charge in [0.05, 0.1) is 17.8 Å². The first-order chi connectivity index (χ1) is 9.25. The van der Waals surface area contributed by atoms with E-state index in [-0.39, 0.29) is 17.8 Å². The number of ether oxygens (including phenoxy) is 1. The molecule has 0 aliphatic heterocycles. The Balaban J connectivity index is 1.95. The molecule has 1 aliphatic rings. The molecule has 0 atom stereocenters. The molecule has 0 amide bonds. The van der Waals surface area contributed by atoms with Gasteiger partial charge in [-0.25, -0.2) is 0 Å². The number of benzene rings is 1. The predicted octanol–water partition coefficient (Wildman–Crippen LogP) is 4.76. The van der Waals surface area contributed by atoms with Crippen molar-refractivity contribution in [3.05, 3.63) is 34.9 Å². The van der Waals surface area contributed by atoms with Crippen LogP contribution in [-0.4, -0.2) is 12.2 Å². The highest BCUT2D eigenvalue weighted by Crippen LogP contribution is 2.36. The molecule has 0 unspecified atom stereocenters. The topological polar surface area (TPSA) is 9.23 Å². The highest BCUT2D eigenvalue weighted by atomic mass is 19.4. The van der Waals surface area contributed by atoms with E-state index in [2.05, 4.69) is 0 Å². The van der Waals surface area contributed by atoms with Gasteiger partial charge in [0.15, 0.2) is 0 Å². The maximum atomic E-state index is 12.8. The lowest BCUT2D eigenvalue weighted by Gasteiger charge is -2.36. The second-order valence-electron chi connectivity index (χ2n) is 6.00. The molecule has 0 N–H and O–H groups in total. The average molecular weight is 286 g/mol.